The molecule has 0 aromatic heterocycles. The predicted octanol–water partition coefficient (Wildman–Crippen LogP) is 1.09. The van der Waals surface area contributed by atoms with Crippen molar-refractivity contribution in [2.75, 3.05) is 12.8 Å². The minimum atomic E-state index is 0.287. The largest absolute Gasteiger partial charge is 0.495 e. The van der Waals surface area contributed by atoms with Crippen LogP contribution in [-0.4, -0.2) is 13.2 Å². The van der Waals surface area contributed by atoms with Crippen molar-refractivity contribution in [3.8, 4) is 5.75 Å². The number of fused-ring (bicyclic) bond motifs is 1. The molecule has 3 heteroatoms. The van der Waals surface area contributed by atoms with Crippen LogP contribution in [0.5, 0.6) is 5.75 Å². The van der Waals surface area contributed by atoms with Crippen molar-refractivity contribution < 1.29 is 4.74 Å². The predicted molar refractivity (Wildman–Crippen MR) is 57.4 cm³/mol. The van der Waals surface area contributed by atoms with Crippen LogP contribution in [0.15, 0.2) is 12.1 Å². The molecule has 0 radical (unpaired) electrons. The number of hydrogen-bond donors (Lipinski definition) is 2. The van der Waals surface area contributed by atoms with Crippen LogP contribution in [0.1, 0.15) is 17.5 Å². The van der Waals surface area contributed by atoms with Gasteiger partial charge >= 0.3 is 0 Å². The smallest absolute Gasteiger partial charge is 0.142 e. The van der Waals surface area contributed by atoms with Gasteiger partial charge in [-0.05, 0) is 42.5 Å². The fraction of sp³-hybridized carbons (Fsp3) is 0.455. The first-order valence-corrected chi connectivity index (χ1v) is 4.91. The highest BCUT2D eigenvalue weighted by molar-refractivity contribution is 5.57. The van der Waals surface area contributed by atoms with Gasteiger partial charge in [-0.3, -0.25) is 0 Å². The molecule has 1 atom stereocenters. The number of rotatable bonds is 1. The molecule has 0 saturated heterocycles. The maximum Gasteiger partial charge on any atom is 0.142 e. The van der Waals surface area contributed by atoms with E-state index in [1.807, 2.05) is 12.1 Å². The molecule has 0 heterocycles. The number of aryl methyl sites for hydroxylation is 1. The first-order chi connectivity index (χ1) is 6.70. The van der Waals surface area contributed by atoms with E-state index in [1.54, 1.807) is 7.11 Å². The summed E-state index contributed by atoms with van der Waals surface area (Å²) in [4.78, 5) is 0. The fourth-order valence-corrected chi connectivity index (χ4v) is 2.01. The lowest BCUT2D eigenvalue weighted by atomic mass is 9.88. The zero-order chi connectivity index (χ0) is 10.1. The maximum absolute atomic E-state index is 5.90. The van der Waals surface area contributed by atoms with Crippen LogP contribution in [0.3, 0.4) is 0 Å². The van der Waals surface area contributed by atoms with Crippen LogP contribution in [0.4, 0.5) is 5.69 Å². The zero-order valence-corrected chi connectivity index (χ0v) is 8.42. The van der Waals surface area contributed by atoms with Gasteiger partial charge in [-0.15, -0.1) is 0 Å². The van der Waals surface area contributed by atoms with E-state index in [4.69, 9.17) is 16.2 Å². The summed E-state index contributed by atoms with van der Waals surface area (Å²) in [6.07, 6.45) is 3.02. The first kappa shape index (κ1) is 9.34. The topological polar surface area (TPSA) is 61.3 Å². The second-order valence-electron chi connectivity index (χ2n) is 3.87. The van der Waals surface area contributed by atoms with Crippen LogP contribution in [0.25, 0.3) is 0 Å². The Morgan fingerprint density at radius 3 is 2.86 bits per heavy atom. The lowest BCUT2D eigenvalue weighted by Gasteiger charge is -2.22. The summed E-state index contributed by atoms with van der Waals surface area (Å²) in [5.41, 5.74) is 15.1. The average Bonchev–Trinajstić information content (AvgIpc) is 2.16. The van der Waals surface area contributed by atoms with E-state index in [0.717, 1.165) is 25.0 Å². The van der Waals surface area contributed by atoms with Gasteiger partial charge in [0.1, 0.15) is 5.75 Å². The summed E-state index contributed by atoms with van der Waals surface area (Å²) >= 11 is 0. The molecule has 1 aliphatic carbocycles. The molecule has 0 aliphatic heterocycles. The quantitative estimate of drug-likeness (QED) is 0.655. The van der Waals surface area contributed by atoms with Crippen LogP contribution in [0, 0.1) is 0 Å². The second kappa shape index (κ2) is 3.50. The van der Waals surface area contributed by atoms with Crippen molar-refractivity contribution in [3.05, 3.63) is 23.3 Å². The number of methoxy groups -OCH3 is 1. The summed E-state index contributed by atoms with van der Waals surface area (Å²) in [6.45, 7) is 0. The van der Waals surface area contributed by atoms with E-state index in [2.05, 4.69) is 0 Å². The van der Waals surface area contributed by atoms with Gasteiger partial charge < -0.3 is 16.2 Å². The first-order valence-electron chi connectivity index (χ1n) is 4.91. The average molecular weight is 192 g/mol. The van der Waals surface area contributed by atoms with Crippen molar-refractivity contribution in [2.45, 2.75) is 25.3 Å². The SMILES string of the molecule is COc1cc2c(cc1N)C[C@@H](N)CC2. The van der Waals surface area contributed by atoms with Gasteiger partial charge in [0.25, 0.3) is 0 Å². The van der Waals surface area contributed by atoms with Gasteiger partial charge in [0.2, 0.25) is 0 Å². The van der Waals surface area contributed by atoms with E-state index in [1.165, 1.54) is 11.1 Å². The number of hydrogen-bond acceptors (Lipinski definition) is 3. The highest BCUT2D eigenvalue weighted by Crippen LogP contribution is 2.30. The van der Waals surface area contributed by atoms with Crippen molar-refractivity contribution in [1.82, 2.24) is 0 Å². The number of nitrogens with two attached hydrogens (primary N) is 2. The highest BCUT2D eigenvalue weighted by atomic mass is 16.5. The molecular weight excluding hydrogens is 176 g/mol. The Labute approximate surface area is 84.0 Å². The standard InChI is InChI=1S/C11H16N2O/c1-14-11-6-7-2-3-9(12)4-8(7)5-10(11)13/h5-6,9H,2-4,12-13H2,1H3/t9-/m0/s1. The van der Waals surface area contributed by atoms with Gasteiger partial charge in [0.05, 0.1) is 12.8 Å². The Morgan fingerprint density at radius 1 is 1.36 bits per heavy atom. The van der Waals surface area contributed by atoms with Gasteiger partial charge in [0.15, 0.2) is 0 Å². The lowest BCUT2D eigenvalue weighted by molar-refractivity contribution is 0.415. The van der Waals surface area contributed by atoms with Crippen LogP contribution < -0.4 is 16.2 Å². The van der Waals surface area contributed by atoms with E-state index in [0.29, 0.717) is 5.69 Å². The lowest BCUT2D eigenvalue weighted by Crippen LogP contribution is -2.27. The molecule has 0 amide bonds. The van der Waals surface area contributed by atoms with Gasteiger partial charge in [-0.2, -0.15) is 0 Å². The second-order valence-corrected chi connectivity index (χ2v) is 3.87. The molecule has 0 fully saturated rings. The summed E-state index contributed by atoms with van der Waals surface area (Å²) in [5.74, 6) is 0.777. The molecule has 14 heavy (non-hydrogen) atoms. The minimum Gasteiger partial charge on any atom is -0.495 e. The molecule has 0 unspecified atom stereocenters. The van der Waals surface area contributed by atoms with Gasteiger partial charge in [-0.25, -0.2) is 0 Å². The van der Waals surface area contributed by atoms with Crippen molar-refractivity contribution in [2.24, 2.45) is 5.73 Å². The van der Waals surface area contributed by atoms with Crippen LogP contribution in [0.2, 0.25) is 0 Å². The molecular formula is C11H16N2O. The van der Waals surface area contributed by atoms with Gasteiger partial charge in [0, 0.05) is 6.04 Å². The molecule has 76 valence electrons. The van der Waals surface area contributed by atoms with Crippen LogP contribution in [-0.2, 0) is 12.8 Å². The third kappa shape index (κ3) is 1.55. The van der Waals surface area contributed by atoms with Crippen molar-refractivity contribution >= 4 is 5.69 Å². The Hall–Kier alpha value is -1.22. The normalized spacial score (nSPS) is 20.3. The number of ether oxygens (including phenoxy) is 1. The molecule has 1 aromatic rings. The monoisotopic (exact) mass is 192 g/mol. The number of anilines is 1. The molecule has 0 saturated carbocycles. The Balaban J connectivity index is 2.40. The molecule has 0 bridgehead atoms. The maximum atomic E-state index is 5.90. The van der Waals surface area contributed by atoms with E-state index in [-0.39, 0.29) is 6.04 Å². The molecule has 0 spiro atoms. The fourth-order valence-electron chi connectivity index (χ4n) is 2.01. The van der Waals surface area contributed by atoms with E-state index >= 15 is 0 Å². The summed E-state index contributed by atoms with van der Waals surface area (Å²) < 4.78 is 5.18. The third-order valence-corrected chi connectivity index (χ3v) is 2.82. The van der Waals surface area contributed by atoms with Crippen molar-refractivity contribution in [3.63, 3.8) is 0 Å². The zero-order valence-electron chi connectivity index (χ0n) is 8.42. The molecule has 1 aliphatic rings. The van der Waals surface area contributed by atoms with Crippen molar-refractivity contribution in [1.29, 1.82) is 0 Å². The molecule has 1 aromatic carbocycles. The Morgan fingerprint density at radius 2 is 2.14 bits per heavy atom. The highest BCUT2D eigenvalue weighted by Gasteiger charge is 2.17. The summed E-state index contributed by atoms with van der Waals surface area (Å²) in [7, 11) is 1.65. The minimum absolute atomic E-state index is 0.287. The number of benzene rings is 1. The molecule has 2 rings (SSSR count). The molecule has 3 nitrogen and oxygen atoms in total. The number of nitrogen functional groups attached to an aromatic ring is 1. The summed E-state index contributed by atoms with van der Waals surface area (Å²) in [5, 5.41) is 0. The van der Waals surface area contributed by atoms with E-state index in [9.17, 15) is 0 Å². The Bertz CT molecular complexity index is 349. The Kier molecular flexibility index (Phi) is 2.33. The molecule has 4 N–H and O–H groups in total. The third-order valence-electron chi connectivity index (χ3n) is 2.82. The summed E-state index contributed by atoms with van der Waals surface area (Å²) in [6, 6.07) is 4.32. The van der Waals surface area contributed by atoms with Gasteiger partial charge in [-0.1, -0.05) is 0 Å². The van der Waals surface area contributed by atoms with E-state index < -0.39 is 0 Å². The van der Waals surface area contributed by atoms with Crippen LogP contribution >= 0.6 is 0 Å².